The van der Waals surface area contributed by atoms with Crippen molar-refractivity contribution in [3.63, 3.8) is 0 Å². The van der Waals surface area contributed by atoms with E-state index in [1.54, 1.807) is 6.07 Å². The van der Waals surface area contributed by atoms with Gasteiger partial charge in [0.1, 0.15) is 9.63 Å². The summed E-state index contributed by atoms with van der Waals surface area (Å²) in [5.41, 5.74) is 0. The summed E-state index contributed by atoms with van der Waals surface area (Å²) in [6.07, 6.45) is 0. The number of halogens is 2. The highest BCUT2D eigenvalue weighted by molar-refractivity contribution is 9.11. The predicted molar refractivity (Wildman–Crippen MR) is 58.0 cm³/mol. The summed E-state index contributed by atoms with van der Waals surface area (Å²) in [5, 5.41) is 9.14. The third-order valence-corrected chi connectivity index (χ3v) is 3.43. The van der Waals surface area contributed by atoms with E-state index in [0.717, 1.165) is 4.47 Å². The van der Waals surface area contributed by atoms with Crippen molar-refractivity contribution in [3.05, 3.63) is 21.2 Å². The van der Waals surface area contributed by atoms with Crippen molar-refractivity contribution >= 4 is 49.6 Å². The fraction of sp³-hybridized carbons (Fsp3) is 0.143. The fourth-order valence-corrected chi connectivity index (χ4v) is 2.25. The number of pyridine rings is 1. The minimum Gasteiger partial charge on any atom is -0.481 e. The van der Waals surface area contributed by atoms with E-state index in [0.29, 0.717) is 9.63 Å². The second-order valence-corrected chi connectivity index (χ2v) is 4.73. The average Bonchev–Trinajstić information content (AvgIpc) is 2.06. The Morgan fingerprint density at radius 3 is 2.85 bits per heavy atom. The minimum atomic E-state index is -0.848. The molecule has 0 fully saturated rings. The van der Waals surface area contributed by atoms with Crippen molar-refractivity contribution in [2.75, 3.05) is 5.75 Å². The number of aliphatic carboxylic acids is 1. The smallest absolute Gasteiger partial charge is 0.313 e. The molecule has 6 heteroatoms. The molecule has 0 spiro atoms. The van der Waals surface area contributed by atoms with Crippen molar-refractivity contribution in [1.82, 2.24) is 4.98 Å². The Kier molecular flexibility index (Phi) is 4.21. The number of nitrogens with zero attached hydrogens (tertiary/aromatic N) is 1. The standard InChI is InChI=1S/C7H5Br2NO2S/c8-4-1-2-5(9)10-7(4)13-3-6(11)12/h1-2H,3H2,(H,11,12). The summed E-state index contributed by atoms with van der Waals surface area (Å²) >= 11 is 7.68. The highest BCUT2D eigenvalue weighted by Crippen LogP contribution is 2.26. The van der Waals surface area contributed by atoms with Gasteiger partial charge in [-0.25, -0.2) is 4.98 Å². The molecule has 1 N–H and O–H groups in total. The van der Waals surface area contributed by atoms with Gasteiger partial charge in [0.15, 0.2) is 0 Å². The molecule has 3 nitrogen and oxygen atoms in total. The Balaban J connectivity index is 2.75. The van der Waals surface area contributed by atoms with Crippen LogP contribution in [0.3, 0.4) is 0 Å². The molecule has 1 aromatic heterocycles. The number of carboxylic acid groups (broad SMARTS) is 1. The van der Waals surface area contributed by atoms with E-state index in [4.69, 9.17) is 5.11 Å². The molecule has 0 amide bonds. The Hall–Kier alpha value is -0.0700. The van der Waals surface area contributed by atoms with Crippen LogP contribution in [-0.2, 0) is 4.79 Å². The summed E-state index contributed by atoms with van der Waals surface area (Å²) in [6, 6.07) is 3.61. The van der Waals surface area contributed by atoms with E-state index >= 15 is 0 Å². The van der Waals surface area contributed by atoms with Gasteiger partial charge in [0.05, 0.1) is 5.75 Å². The molecule has 0 bridgehead atoms. The van der Waals surface area contributed by atoms with Crippen LogP contribution in [0.15, 0.2) is 26.2 Å². The molecule has 1 aromatic rings. The highest BCUT2D eigenvalue weighted by Gasteiger charge is 2.05. The van der Waals surface area contributed by atoms with Gasteiger partial charge in [0.25, 0.3) is 0 Å². The SMILES string of the molecule is O=C(O)CSc1nc(Br)ccc1Br. The molecule has 1 heterocycles. The van der Waals surface area contributed by atoms with Gasteiger partial charge in [-0.1, -0.05) is 11.8 Å². The van der Waals surface area contributed by atoms with Crippen molar-refractivity contribution < 1.29 is 9.90 Å². The molecule has 0 aromatic carbocycles. The number of carbonyl (C=O) groups is 1. The summed E-state index contributed by atoms with van der Waals surface area (Å²) in [4.78, 5) is 14.4. The number of rotatable bonds is 3. The summed E-state index contributed by atoms with van der Waals surface area (Å²) < 4.78 is 1.51. The summed E-state index contributed by atoms with van der Waals surface area (Å²) in [7, 11) is 0. The van der Waals surface area contributed by atoms with Gasteiger partial charge < -0.3 is 5.11 Å². The Morgan fingerprint density at radius 2 is 2.23 bits per heavy atom. The molecule has 13 heavy (non-hydrogen) atoms. The molecule has 0 radical (unpaired) electrons. The van der Waals surface area contributed by atoms with Crippen molar-refractivity contribution in [3.8, 4) is 0 Å². The molecule has 0 unspecified atom stereocenters. The maximum Gasteiger partial charge on any atom is 0.313 e. The maximum atomic E-state index is 10.3. The normalized spacial score (nSPS) is 10.0. The van der Waals surface area contributed by atoms with E-state index in [1.807, 2.05) is 6.07 Å². The molecule has 0 saturated heterocycles. The molecule has 0 saturated carbocycles. The first-order valence-corrected chi connectivity index (χ1v) is 5.83. The number of hydrogen-bond acceptors (Lipinski definition) is 3. The molecule has 1 rings (SSSR count). The quantitative estimate of drug-likeness (QED) is 0.685. The van der Waals surface area contributed by atoms with E-state index < -0.39 is 5.97 Å². The Labute approximate surface area is 96.2 Å². The largest absolute Gasteiger partial charge is 0.481 e. The molecule has 0 aliphatic carbocycles. The van der Waals surface area contributed by atoms with Gasteiger partial charge in [-0.15, -0.1) is 0 Å². The van der Waals surface area contributed by atoms with Crippen LogP contribution in [0.1, 0.15) is 0 Å². The Bertz CT molecular complexity index is 332. The van der Waals surface area contributed by atoms with Crippen LogP contribution < -0.4 is 0 Å². The lowest BCUT2D eigenvalue weighted by Crippen LogP contribution is -1.98. The zero-order valence-corrected chi connectivity index (χ0v) is 10.3. The number of aromatic nitrogens is 1. The van der Waals surface area contributed by atoms with Crippen molar-refractivity contribution in [2.24, 2.45) is 0 Å². The molecule has 0 aliphatic rings. The maximum absolute atomic E-state index is 10.3. The van der Waals surface area contributed by atoms with Crippen LogP contribution in [-0.4, -0.2) is 21.8 Å². The van der Waals surface area contributed by atoms with Crippen LogP contribution in [0.5, 0.6) is 0 Å². The predicted octanol–water partition coefficient (Wildman–Crippen LogP) is 2.78. The first-order valence-electron chi connectivity index (χ1n) is 3.26. The summed E-state index contributed by atoms with van der Waals surface area (Å²) in [6.45, 7) is 0. The first-order chi connectivity index (χ1) is 6.09. The van der Waals surface area contributed by atoms with Gasteiger partial charge >= 0.3 is 5.97 Å². The lowest BCUT2D eigenvalue weighted by Gasteiger charge is -2.00. The zero-order chi connectivity index (χ0) is 9.84. The van der Waals surface area contributed by atoms with Gasteiger partial charge in [0.2, 0.25) is 0 Å². The lowest BCUT2D eigenvalue weighted by molar-refractivity contribution is -0.133. The zero-order valence-electron chi connectivity index (χ0n) is 6.33. The molecule has 70 valence electrons. The van der Waals surface area contributed by atoms with Crippen molar-refractivity contribution in [2.45, 2.75) is 5.03 Å². The van der Waals surface area contributed by atoms with Crippen molar-refractivity contribution in [1.29, 1.82) is 0 Å². The fourth-order valence-electron chi connectivity index (χ4n) is 0.632. The second kappa shape index (κ2) is 4.97. The number of hydrogen-bond donors (Lipinski definition) is 1. The number of carboxylic acids is 1. The monoisotopic (exact) mass is 325 g/mol. The lowest BCUT2D eigenvalue weighted by atomic mass is 10.5. The van der Waals surface area contributed by atoms with Crippen LogP contribution in [0.25, 0.3) is 0 Å². The van der Waals surface area contributed by atoms with Crippen LogP contribution >= 0.6 is 43.6 Å². The minimum absolute atomic E-state index is 0.0159. The van der Waals surface area contributed by atoms with Gasteiger partial charge in [0, 0.05) is 4.47 Å². The van der Waals surface area contributed by atoms with E-state index in [2.05, 4.69) is 36.8 Å². The van der Waals surface area contributed by atoms with Gasteiger partial charge in [-0.2, -0.15) is 0 Å². The van der Waals surface area contributed by atoms with Crippen LogP contribution in [0.4, 0.5) is 0 Å². The Morgan fingerprint density at radius 1 is 1.54 bits per heavy atom. The number of thioether (sulfide) groups is 1. The average molecular weight is 327 g/mol. The molecular formula is C7H5Br2NO2S. The third-order valence-electron chi connectivity index (χ3n) is 1.11. The molecular weight excluding hydrogens is 322 g/mol. The first kappa shape index (κ1) is 11.0. The third kappa shape index (κ3) is 3.66. The molecule has 0 aliphatic heterocycles. The van der Waals surface area contributed by atoms with E-state index in [9.17, 15) is 4.79 Å². The van der Waals surface area contributed by atoms with E-state index in [-0.39, 0.29) is 5.75 Å². The van der Waals surface area contributed by atoms with E-state index in [1.165, 1.54) is 11.8 Å². The van der Waals surface area contributed by atoms with Gasteiger partial charge in [-0.3, -0.25) is 4.79 Å². The molecule has 0 atom stereocenters. The van der Waals surface area contributed by atoms with Crippen LogP contribution in [0, 0.1) is 0 Å². The second-order valence-electron chi connectivity index (χ2n) is 2.10. The highest BCUT2D eigenvalue weighted by atomic mass is 79.9. The topological polar surface area (TPSA) is 50.2 Å². The van der Waals surface area contributed by atoms with Crippen LogP contribution in [0.2, 0.25) is 0 Å². The van der Waals surface area contributed by atoms with Gasteiger partial charge in [-0.05, 0) is 44.0 Å². The summed E-state index contributed by atoms with van der Waals surface area (Å²) in [5.74, 6) is -0.833.